The lowest BCUT2D eigenvalue weighted by molar-refractivity contribution is -0.160. The number of alkyl carbamates (subject to hydrolysis) is 1. The molecule has 2 aromatic rings. The number of hydrogen-bond donors (Lipinski definition) is 2. The van der Waals surface area contributed by atoms with Gasteiger partial charge in [-0.25, -0.2) is 4.79 Å². The third kappa shape index (κ3) is 6.28. The molecule has 0 saturated heterocycles. The quantitative estimate of drug-likeness (QED) is 0.832. The molecule has 1 heterocycles. The number of nitrogens with one attached hydrogen (secondary N) is 2. The second-order valence-corrected chi connectivity index (χ2v) is 5.14. The zero-order valence-corrected chi connectivity index (χ0v) is 13.1. The summed E-state index contributed by atoms with van der Waals surface area (Å²) in [6, 6.07) is 9.48. The summed E-state index contributed by atoms with van der Waals surface area (Å²) < 4.78 is 39.5. The average molecular weight is 355 g/mol. The second-order valence-electron chi connectivity index (χ2n) is 5.14. The molecule has 9 heteroatoms. The molecule has 0 radical (unpaired) electrons. The van der Waals surface area contributed by atoms with E-state index in [0.717, 1.165) is 16.5 Å². The van der Waals surface area contributed by atoms with Crippen molar-refractivity contribution in [1.29, 1.82) is 0 Å². The molecule has 134 valence electrons. The number of hydrogen-bond acceptors (Lipinski definition) is 4. The molecular weight excluding hydrogens is 339 g/mol. The van der Waals surface area contributed by atoms with Gasteiger partial charge in [0.25, 0.3) is 0 Å². The third-order valence-corrected chi connectivity index (χ3v) is 3.19. The second kappa shape index (κ2) is 8.32. The number of para-hydroxylation sites is 1. The van der Waals surface area contributed by atoms with Crippen LogP contribution in [-0.2, 0) is 16.0 Å². The Morgan fingerprint density at radius 1 is 1.12 bits per heavy atom. The van der Waals surface area contributed by atoms with Gasteiger partial charge in [-0.1, -0.05) is 24.3 Å². The normalized spacial score (nSPS) is 11.2. The van der Waals surface area contributed by atoms with Gasteiger partial charge >= 0.3 is 12.3 Å². The largest absolute Gasteiger partial charge is 0.440 e. The SMILES string of the molecule is O=C(CNC(=O)OCC(F)(F)F)NCCc1cccc2cccnc12. The molecule has 25 heavy (non-hydrogen) atoms. The lowest BCUT2D eigenvalue weighted by Crippen LogP contribution is -2.38. The number of nitrogens with zero attached hydrogens (tertiary/aromatic N) is 1. The molecule has 0 bridgehead atoms. The molecule has 0 aliphatic rings. The Morgan fingerprint density at radius 2 is 1.88 bits per heavy atom. The highest BCUT2D eigenvalue weighted by molar-refractivity contribution is 5.83. The molecule has 2 amide bonds. The van der Waals surface area contributed by atoms with E-state index in [1.54, 1.807) is 6.20 Å². The van der Waals surface area contributed by atoms with Gasteiger partial charge in [0, 0.05) is 18.1 Å². The fraction of sp³-hybridized carbons (Fsp3) is 0.312. The van der Waals surface area contributed by atoms with Crippen molar-refractivity contribution in [2.45, 2.75) is 12.6 Å². The van der Waals surface area contributed by atoms with Crippen molar-refractivity contribution < 1.29 is 27.5 Å². The summed E-state index contributed by atoms with van der Waals surface area (Å²) in [6.07, 6.45) is -3.70. The Labute approximate surface area is 141 Å². The van der Waals surface area contributed by atoms with Crippen LogP contribution in [0, 0.1) is 0 Å². The van der Waals surface area contributed by atoms with E-state index in [1.165, 1.54) is 0 Å². The highest BCUT2D eigenvalue weighted by Gasteiger charge is 2.29. The fourth-order valence-corrected chi connectivity index (χ4v) is 2.12. The van der Waals surface area contributed by atoms with Crippen molar-refractivity contribution >= 4 is 22.9 Å². The average Bonchev–Trinajstić information content (AvgIpc) is 2.58. The molecule has 2 N–H and O–H groups in total. The van der Waals surface area contributed by atoms with Gasteiger partial charge in [0.15, 0.2) is 6.61 Å². The lowest BCUT2D eigenvalue weighted by atomic mass is 10.1. The van der Waals surface area contributed by atoms with E-state index in [0.29, 0.717) is 13.0 Å². The first-order chi connectivity index (χ1) is 11.8. The third-order valence-electron chi connectivity index (χ3n) is 3.19. The molecule has 0 atom stereocenters. The topological polar surface area (TPSA) is 80.3 Å². The maximum absolute atomic E-state index is 11.9. The summed E-state index contributed by atoms with van der Waals surface area (Å²) in [4.78, 5) is 26.9. The standard InChI is InChI=1S/C16H16F3N3O3/c17-16(18,19)10-25-15(24)22-9-13(23)20-8-6-12-4-1-3-11-5-2-7-21-14(11)12/h1-5,7H,6,8-10H2,(H,20,23)(H,22,24). The Balaban J connectivity index is 1.72. The zero-order valence-electron chi connectivity index (χ0n) is 13.1. The Morgan fingerprint density at radius 3 is 2.64 bits per heavy atom. The minimum Gasteiger partial charge on any atom is -0.440 e. The number of carbonyl (C=O) groups excluding carboxylic acids is 2. The first kappa shape index (κ1) is 18.5. The number of halogens is 3. The van der Waals surface area contributed by atoms with Crippen LogP contribution in [0.25, 0.3) is 10.9 Å². The van der Waals surface area contributed by atoms with Gasteiger partial charge in [0.2, 0.25) is 5.91 Å². The number of benzene rings is 1. The van der Waals surface area contributed by atoms with E-state index in [9.17, 15) is 22.8 Å². The predicted octanol–water partition coefficient (Wildman–Crippen LogP) is 2.18. The number of alkyl halides is 3. The van der Waals surface area contributed by atoms with Crippen LogP contribution < -0.4 is 10.6 Å². The van der Waals surface area contributed by atoms with Crippen molar-refractivity contribution in [3.63, 3.8) is 0 Å². The molecule has 1 aromatic heterocycles. The van der Waals surface area contributed by atoms with E-state index >= 15 is 0 Å². The highest BCUT2D eigenvalue weighted by Crippen LogP contribution is 2.16. The van der Waals surface area contributed by atoms with Crippen molar-refractivity contribution in [2.75, 3.05) is 19.7 Å². The molecule has 0 unspecified atom stereocenters. The minimum absolute atomic E-state index is 0.299. The summed E-state index contributed by atoms with van der Waals surface area (Å²) in [7, 11) is 0. The number of aromatic nitrogens is 1. The van der Waals surface area contributed by atoms with Crippen molar-refractivity contribution in [1.82, 2.24) is 15.6 Å². The number of carbonyl (C=O) groups is 2. The zero-order chi connectivity index (χ0) is 18.3. The molecule has 0 aliphatic heterocycles. The first-order valence-electron chi connectivity index (χ1n) is 7.42. The van der Waals surface area contributed by atoms with Crippen molar-refractivity contribution in [3.8, 4) is 0 Å². The number of fused-ring (bicyclic) bond motifs is 1. The van der Waals surface area contributed by atoms with Gasteiger partial charge in [-0.05, 0) is 18.1 Å². The Kier molecular flexibility index (Phi) is 6.15. The number of ether oxygens (including phenoxy) is 1. The van der Waals surface area contributed by atoms with E-state index in [4.69, 9.17) is 0 Å². The molecule has 0 aliphatic carbocycles. The van der Waals surface area contributed by atoms with Crippen LogP contribution in [0.4, 0.5) is 18.0 Å². The van der Waals surface area contributed by atoms with Gasteiger partial charge < -0.3 is 15.4 Å². The molecular formula is C16H16F3N3O3. The summed E-state index contributed by atoms with van der Waals surface area (Å²) in [5, 5.41) is 5.50. The lowest BCUT2D eigenvalue weighted by Gasteiger charge is -2.10. The number of amides is 2. The molecule has 1 aromatic carbocycles. The number of pyridine rings is 1. The number of rotatable bonds is 6. The fourth-order valence-electron chi connectivity index (χ4n) is 2.12. The van der Waals surface area contributed by atoms with Crippen LogP contribution in [0.15, 0.2) is 36.5 Å². The van der Waals surface area contributed by atoms with Crippen LogP contribution in [-0.4, -0.2) is 42.9 Å². The molecule has 0 saturated carbocycles. The highest BCUT2D eigenvalue weighted by atomic mass is 19.4. The molecule has 6 nitrogen and oxygen atoms in total. The van der Waals surface area contributed by atoms with Gasteiger partial charge in [0.05, 0.1) is 12.1 Å². The molecule has 2 rings (SSSR count). The molecule has 0 spiro atoms. The summed E-state index contributed by atoms with van der Waals surface area (Å²) in [6.45, 7) is -1.87. The maximum Gasteiger partial charge on any atom is 0.422 e. The van der Waals surface area contributed by atoms with Crippen LogP contribution in [0.5, 0.6) is 0 Å². The summed E-state index contributed by atoms with van der Waals surface area (Å²) in [5.74, 6) is -0.530. The van der Waals surface area contributed by atoms with Crippen molar-refractivity contribution in [2.24, 2.45) is 0 Å². The van der Waals surface area contributed by atoms with E-state index < -0.39 is 31.3 Å². The van der Waals surface area contributed by atoms with Crippen LogP contribution in [0.2, 0.25) is 0 Å². The minimum atomic E-state index is -4.61. The van der Waals surface area contributed by atoms with Gasteiger partial charge in [0.1, 0.15) is 0 Å². The Bertz CT molecular complexity index is 745. The van der Waals surface area contributed by atoms with Crippen LogP contribution >= 0.6 is 0 Å². The predicted molar refractivity (Wildman–Crippen MR) is 83.9 cm³/mol. The van der Waals surface area contributed by atoms with E-state index in [2.05, 4.69) is 15.0 Å². The summed E-state index contributed by atoms with van der Waals surface area (Å²) in [5.41, 5.74) is 1.80. The van der Waals surface area contributed by atoms with Crippen molar-refractivity contribution in [3.05, 3.63) is 42.1 Å². The van der Waals surface area contributed by atoms with Crippen LogP contribution in [0.1, 0.15) is 5.56 Å². The monoisotopic (exact) mass is 355 g/mol. The first-order valence-corrected chi connectivity index (χ1v) is 7.42. The van der Waals surface area contributed by atoms with Gasteiger partial charge in [-0.15, -0.1) is 0 Å². The maximum atomic E-state index is 11.9. The van der Waals surface area contributed by atoms with E-state index in [1.807, 2.05) is 35.6 Å². The van der Waals surface area contributed by atoms with Crippen LogP contribution in [0.3, 0.4) is 0 Å². The van der Waals surface area contributed by atoms with Gasteiger partial charge in [-0.3, -0.25) is 9.78 Å². The smallest absolute Gasteiger partial charge is 0.422 e. The molecule has 0 fully saturated rings. The Hall–Kier alpha value is -2.84. The van der Waals surface area contributed by atoms with Gasteiger partial charge in [-0.2, -0.15) is 13.2 Å². The summed E-state index contributed by atoms with van der Waals surface area (Å²) >= 11 is 0. The van der Waals surface area contributed by atoms with E-state index in [-0.39, 0.29) is 0 Å².